The molecule has 4 rings (SSSR count). The molecule has 3 aromatic rings. The van der Waals surface area contributed by atoms with Crippen LogP contribution in [0.15, 0.2) is 82.9 Å². The van der Waals surface area contributed by atoms with Gasteiger partial charge in [0.15, 0.2) is 11.5 Å². The summed E-state index contributed by atoms with van der Waals surface area (Å²) in [6.07, 6.45) is 4.48. The Balaban J connectivity index is 1.91. The van der Waals surface area contributed by atoms with Gasteiger partial charge in [-0.05, 0) is 42.0 Å². The Kier molecular flexibility index (Phi) is 4.41. The van der Waals surface area contributed by atoms with Gasteiger partial charge in [-0.25, -0.2) is 0 Å². The van der Waals surface area contributed by atoms with Gasteiger partial charge in [0.1, 0.15) is 5.75 Å². The molecule has 1 aliphatic heterocycles. The molecule has 0 bridgehead atoms. The first-order chi connectivity index (χ1) is 13.6. The lowest BCUT2D eigenvalue weighted by atomic mass is 9.95. The number of furan rings is 1. The second kappa shape index (κ2) is 7.03. The van der Waals surface area contributed by atoms with E-state index in [0.717, 1.165) is 0 Å². The number of ether oxygens (including phenoxy) is 1. The number of pyridine rings is 1. The van der Waals surface area contributed by atoms with Crippen LogP contribution in [0.5, 0.6) is 5.75 Å². The summed E-state index contributed by atoms with van der Waals surface area (Å²) in [5, 5.41) is 10.6. The third kappa shape index (κ3) is 2.73. The van der Waals surface area contributed by atoms with E-state index in [0.29, 0.717) is 17.0 Å². The summed E-state index contributed by atoms with van der Waals surface area (Å²) in [6, 6.07) is 12.5. The number of Topliss-reactive ketones (excluding diaryl/α,β-unsaturated/α-hetero) is 1. The molecule has 1 amide bonds. The average Bonchev–Trinajstić information content (AvgIpc) is 3.36. The number of aliphatic hydroxyl groups excluding tert-OH is 1. The molecule has 7 nitrogen and oxygen atoms in total. The number of hydrogen-bond acceptors (Lipinski definition) is 6. The molecule has 0 radical (unpaired) electrons. The normalized spacial score (nSPS) is 16.5. The van der Waals surface area contributed by atoms with Crippen LogP contribution in [0.2, 0.25) is 0 Å². The van der Waals surface area contributed by atoms with Gasteiger partial charge in [-0.3, -0.25) is 19.5 Å². The number of benzene rings is 1. The molecular weight excluding hydrogens is 360 g/mol. The van der Waals surface area contributed by atoms with Gasteiger partial charge in [-0.1, -0.05) is 12.1 Å². The van der Waals surface area contributed by atoms with Gasteiger partial charge in [0, 0.05) is 12.4 Å². The highest BCUT2D eigenvalue weighted by atomic mass is 16.5. The van der Waals surface area contributed by atoms with E-state index in [4.69, 9.17) is 9.15 Å². The van der Waals surface area contributed by atoms with E-state index in [1.54, 1.807) is 54.9 Å². The number of nitrogens with zero attached hydrogens (tertiary/aromatic N) is 2. The first-order valence-corrected chi connectivity index (χ1v) is 8.51. The molecular formula is C21H16N2O5. The van der Waals surface area contributed by atoms with E-state index in [9.17, 15) is 14.7 Å². The molecule has 2 aromatic heterocycles. The molecule has 1 unspecified atom stereocenters. The van der Waals surface area contributed by atoms with Gasteiger partial charge in [0.2, 0.25) is 5.78 Å². The van der Waals surface area contributed by atoms with Gasteiger partial charge in [-0.2, -0.15) is 0 Å². The number of ketones is 1. The lowest BCUT2D eigenvalue weighted by Crippen LogP contribution is -2.31. The van der Waals surface area contributed by atoms with Crippen molar-refractivity contribution in [3.05, 3.63) is 89.8 Å². The Bertz CT molecular complexity index is 1060. The number of hydrogen-bond donors (Lipinski definition) is 1. The average molecular weight is 376 g/mol. The molecule has 1 N–H and O–H groups in total. The number of anilines is 1. The molecule has 0 aliphatic carbocycles. The van der Waals surface area contributed by atoms with Crippen molar-refractivity contribution in [2.45, 2.75) is 6.04 Å². The maximum atomic E-state index is 13.0. The van der Waals surface area contributed by atoms with Crippen LogP contribution in [0.3, 0.4) is 0 Å². The Labute approximate surface area is 160 Å². The van der Waals surface area contributed by atoms with Crippen LogP contribution in [0.25, 0.3) is 0 Å². The number of rotatable bonds is 5. The SMILES string of the molecule is COc1ccccc1N1C(=O)C(O)=C(C(=O)c2ccco2)C1c1ccncc1. The van der Waals surface area contributed by atoms with Crippen LogP contribution in [0, 0.1) is 0 Å². The first-order valence-electron chi connectivity index (χ1n) is 8.51. The molecule has 0 saturated heterocycles. The first kappa shape index (κ1) is 17.5. The number of aromatic nitrogens is 1. The number of aliphatic hydroxyl groups is 1. The number of para-hydroxylation sites is 2. The summed E-state index contributed by atoms with van der Waals surface area (Å²) in [5.41, 5.74) is 0.996. The lowest BCUT2D eigenvalue weighted by Gasteiger charge is -2.27. The van der Waals surface area contributed by atoms with Crippen molar-refractivity contribution >= 4 is 17.4 Å². The molecule has 0 fully saturated rings. The molecule has 28 heavy (non-hydrogen) atoms. The summed E-state index contributed by atoms with van der Waals surface area (Å²) < 4.78 is 10.6. The van der Waals surface area contributed by atoms with Crippen molar-refractivity contribution in [1.82, 2.24) is 4.98 Å². The minimum Gasteiger partial charge on any atom is -0.503 e. The highest BCUT2D eigenvalue weighted by molar-refractivity contribution is 6.20. The van der Waals surface area contributed by atoms with E-state index in [-0.39, 0.29) is 11.3 Å². The van der Waals surface area contributed by atoms with Crippen molar-refractivity contribution < 1.29 is 23.8 Å². The molecule has 0 spiro atoms. The summed E-state index contributed by atoms with van der Waals surface area (Å²) in [6.45, 7) is 0. The second-order valence-electron chi connectivity index (χ2n) is 6.10. The van der Waals surface area contributed by atoms with Gasteiger partial charge in [0.25, 0.3) is 5.91 Å². The summed E-state index contributed by atoms with van der Waals surface area (Å²) in [4.78, 5) is 31.4. The van der Waals surface area contributed by atoms with Gasteiger partial charge in [0.05, 0.1) is 30.7 Å². The lowest BCUT2D eigenvalue weighted by molar-refractivity contribution is -0.117. The molecule has 7 heteroatoms. The number of carbonyl (C=O) groups is 2. The van der Waals surface area contributed by atoms with Gasteiger partial charge < -0.3 is 14.3 Å². The topological polar surface area (TPSA) is 92.9 Å². The molecule has 3 heterocycles. The van der Waals surface area contributed by atoms with Crippen molar-refractivity contribution in [3.63, 3.8) is 0 Å². The van der Waals surface area contributed by atoms with E-state index >= 15 is 0 Å². The summed E-state index contributed by atoms with van der Waals surface area (Å²) in [7, 11) is 1.49. The maximum Gasteiger partial charge on any atom is 0.294 e. The van der Waals surface area contributed by atoms with Gasteiger partial charge in [-0.15, -0.1) is 0 Å². The van der Waals surface area contributed by atoms with E-state index in [2.05, 4.69) is 4.98 Å². The quantitative estimate of drug-likeness (QED) is 0.686. The Morgan fingerprint density at radius 3 is 2.57 bits per heavy atom. The highest BCUT2D eigenvalue weighted by Gasteiger charge is 2.46. The predicted octanol–water partition coefficient (Wildman–Crippen LogP) is 3.47. The maximum absolute atomic E-state index is 13.0. The van der Waals surface area contributed by atoms with Crippen LogP contribution in [-0.2, 0) is 4.79 Å². The third-order valence-corrected chi connectivity index (χ3v) is 4.56. The van der Waals surface area contributed by atoms with Crippen molar-refractivity contribution in [3.8, 4) is 5.75 Å². The highest BCUT2D eigenvalue weighted by Crippen LogP contribution is 2.44. The zero-order chi connectivity index (χ0) is 19.7. The molecule has 1 atom stereocenters. The zero-order valence-electron chi connectivity index (χ0n) is 14.9. The molecule has 140 valence electrons. The second-order valence-corrected chi connectivity index (χ2v) is 6.10. The molecule has 0 saturated carbocycles. The van der Waals surface area contributed by atoms with Crippen LogP contribution >= 0.6 is 0 Å². The van der Waals surface area contributed by atoms with Crippen LogP contribution in [0.4, 0.5) is 5.69 Å². The van der Waals surface area contributed by atoms with Crippen molar-refractivity contribution in [2.75, 3.05) is 12.0 Å². The predicted molar refractivity (Wildman–Crippen MR) is 100 cm³/mol. The minimum absolute atomic E-state index is 0.0373. The smallest absolute Gasteiger partial charge is 0.294 e. The zero-order valence-corrected chi connectivity index (χ0v) is 14.9. The van der Waals surface area contributed by atoms with Crippen molar-refractivity contribution in [1.29, 1.82) is 0 Å². The number of methoxy groups -OCH3 is 1. The van der Waals surface area contributed by atoms with Crippen LogP contribution in [-0.4, -0.2) is 28.9 Å². The minimum atomic E-state index is -0.857. The fraction of sp³-hybridized carbons (Fsp3) is 0.0952. The Morgan fingerprint density at radius 2 is 1.89 bits per heavy atom. The van der Waals surface area contributed by atoms with Crippen LogP contribution < -0.4 is 9.64 Å². The molecule has 1 aliphatic rings. The largest absolute Gasteiger partial charge is 0.503 e. The monoisotopic (exact) mass is 376 g/mol. The number of amides is 1. The third-order valence-electron chi connectivity index (χ3n) is 4.56. The number of carbonyl (C=O) groups excluding carboxylic acids is 2. The van der Waals surface area contributed by atoms with E-state index in [1.807, 2.05) is 0 Å². The van der Waals surface area contributed by atoms with E-state index in [1.165, 1.54) is 24.3 Å². The van der Waals surface area contributed by atoms with Crippen molar-refractivity contribution in [2.24, 2.45) is 0 Å². The van der Waals surface area contributed by atoms with E-state index < -0.39 is 23.5 Å². The molecule has 1 aromatic carbocycles. The Morgan fingerprint density at radius 1 is 1.14 bits per heavy atom. The standard InChI is InChI=1S/C21H16N2O5/c1-27-15-6-3-2-5-14(15)23-18(13-8-10-22-11-9-13)17(20(25)21(23)26)19(24)16-7-4-12-28-16/h2-12,18,25H,1H3. The van der Waals surface area contributed by atoms with Gasteiger partial charge >= 0.3 is 0 Å². The summed E-state index contributed by atoms with van der Waals surface area (Å²) >= 11 is 0. The Hall–Kier alpha value is -3.87. The fourth-order valence-corrected chi connectivity index (χ4v) is 3.32. The fourth-order valence-electron chi connectivity index (χ4n) is 3.32. The summed E-state index contributed by atoms with van der Waals surface area (Å²) in [5.74, 6) is -1.39. The van der Waals surface area contributed by atoms with Crippen LogP contribution in [0.1, 0.15) is 22.2 Å².